The monoisotopic (exact) mass is 477 g/mol. The molecule has 1 aromatic heterocycles. The SMILES string of the molecule is O=C(c1c[nH]c2cc(Br)c(Br)cc12)N1CCN(c2ccccc2O)CC1. The van der Waals surface area contributed by atoms with Crippen LogP contribution in [0.4, 0.5) is 5.69 Å². The Morgan fingerprint density at radius 2 is 1.73 bits per heavy atom. The molecule has 1 aliphatic heterocycles. The number of amides is 1. The molecule has 0 atom stereocenters. The van der Waals surface area contributed by atoms with Crippen molar-refractivity contribution in [1.29, 1.82) is 0 Å². The third-order valence-electron chi connectivity index (χ3n) is 4.74. The summed E-state index contributed by atoms with van der Waals surface area (Å²) >= 11 is 6.99. The molecule has 26 heavy (non-hydrogen) atoms. The lowest BCUT2D eigenvalue weighted by Gasteiger charge is -2.36. The summed E-state index contributed by atoms with van der Waals surface area (Å²) in [6.45, 7) is 2.64. The van der Waals surface area contributed by atoms with Crippen molar-refractivity contribution in [3.05, 3.63) is 57.1 Å². The van der Waals surface area contributed by atoms with E-state index in [9.17, 15) is 9.90 Å². The molecule has 2 N–H and O–H groups in total. The highest BCUT2D eigenvalue weighted by Gasteiger charge is 2.25. The fourth-order valence-electron chi connectivity index (χ4n) is 3.35. The lowest BCUT2D eigenvalue weighted by Crippen LogP contribution is -2.48. The standard InChI is InChI=1S/C19H17Br2N3O2/c20-14-9-12-13(11-22-16(12)10-15(14)21)19(26)24-7-5-23(6-8-24)17-3-1-2-4-18(17)25/h1-4,9-11,22,25H,5-8H2. The van der Waals surface area contributed by atoms with Gasteiger partial charge in [0.05, 0.1) is 11.3 Å². The number of piperazine rings is 1. The Kier molecular flexibility index (Phi) is 4.67. The van der Waals surface area contributed by atoms with E-state index >= 15 is 0 Å². The highest BCUT2D eigenvalue weighted by Crippen LogP contribution is 2.31. The first-order chi connectivity index (χ1) is 12.5. The van der Waals surface area contributed by atoms with Gasteiger partial charge < -0.3 is 19.9 Å². The summed E-state index contributed by atoms with van der Waals surface area (Å²) in [4.78, 5) is 20.2. The Morgan fingerprint density at radius 3 is 2.46 bits per heavy atom. The van der Waals surface area contributed by atoms with Crippen molar-refractivity contribution in [2.45, 2.75) is 0 Å². The molecule has 1 fully saturated rings. The van der Waals surface area contributed by atoms with Crippen LogP contribution >= 0.6 is 31.9 Å². The van der Waals surface area contributed by atoms with E-state index in [0.717, 1.165) is 25.5 Å². The molecule has 3 aromatic rings. The molecule has 7 heteroatoms. The van der Waals surface area contributed by atoms with Crippen molar-refractivity contribution < 1.29 is 9.90 Å². The summed E-state index contributed by atoms with van der Waals surface area (Å²) in [5.41, 5.74) is 2.43. The van der Waals surface area contributed by atoms with Crippen molar-refractivity contribution in [1.82, 2.24) is 9.88 Å². The van der Waals surface area contributed by atoms with Crippen molar-refractivity contribution in [3.63, 3.8) is 0 Å². The quantitative estimate of drug-likeness (QED) is 0.575. The molecule has 0 spiro atoms. The number of para-hydroxylation sites is 2. The van der Waals surface area contributed by atoms with Crippen LogP contribution in [0, 0.1) is 0 Å². The summed E-state index contributed by atoms with van der Waals surface area (Å²) in [7, 11) is 0. The average molecular weight is 479 g/mol. The van der Waals surface area contributed by atoms with Crippen LogP contribution in [0.5, 0.6) is 5.75 Å². The van der Waals surface area contributed by atoms with Crippen LogP contribution in [-0.2, 0) is 0 Å². The lowest BCUT2D eigenvalue weighted by molar-refractivity contribution is 0.0749. The van der Waals surface area contributed by atoms with Crippen LogP contribution in [0.3, 0.4) is 0 Å². The first-order valence-corrected chi connectivity index (χ1v) is 9.91. The zero-order valence-corrected chi connectivity index (χ0v) is 17.0. The number of aromatic amines is 1. The molecule has 1 saturated heterocycles. The van der Waals surface area contributed by atoms with Crippen LogP contribution in [-0.4, -0.2) is 47.1 Å². The molecular formula is C19H17Br2N3O2. The molecule has 5 nitrogen and oxygen atoms in total. The topological polar surface area (TPSA) is 59.6 Å². The number of halogens is 2. The number of carbonyl (C=O) groups excluding carboxylic acids is 1. The molecule has 0 bridgehead atoms. The van der Waals surface area contributed by atoms with E-state index in [2.05, 4.69) is 41.7 Å². The molecular weight excluding hydrogens is 462 g/mol. The Morgan fingerprint density at radius 1 is 1.04 bits per heavy atom. The highest BCUT2D eigenvalue weighted by atomic mass is 79.9. The predicted molar refractivity (Wildman–Crippen MR) is 110 cm³/mol. The second-order valence-electron chi connectivity index (χ2n) is 6.28. The number of hydrogen-bond donors (Lipinski definition) is 2. The molecule has 0 aliphatic carbocycles. The first kappa shape index (κ1) is 17.4. The van der Waals surface area contributed by atoms with Gasteiger partial charge in [0.25, 0.3) is 5.91 Å². The molecule has 2 aromatic carbocycles. The fourth-order valence-corrected chi connectivity index (χ4v) is 4.03. The van der Waals surface area contributed by atoms with Crippen molar-refractivity contribution in [3.8, 4) is 5.75 Å². The van der Waals surface area contributed by atoms with Gasteiger partial charge in [-0.15, -0.1) is 0 Å². The number of nitrogens with zero attached hydrogens (tertiary/aromatic N) is 2. The van der Waals surface area contributed by atoms with Gasteiger partial charge in [0.2, 0.25) is 0 Å². The molecule has 134 valence electrons. The third kappa shape index (κ3) is 3.10. The second kappa shape index (κ2) is 6.96. The van der Waals surface area contributed by atoms with Gasteiger partial charge in [0.1, 0.15) is 5.75 Å². The van der Waals surface area contributed by atoms with Crippen LogP contribution < -0.4 is 4.90 Å². The van der Waals surface area contributed by atoms with E-state index in [0.29, 0.717) is 31.7 Å². The lowest BCUT2D eigenvalue weighted by atomic mass is 10.1. The van der Waals surface area contributed by atoms with Crippen LogP contribution in [0.1, 0.15) is 10.4 Å². The van der Waals surface area contributed by atoms with Gasteiger partial charge in [0.15, 0.2) is 0 Å². The minimum absolute atomic E-state index is 0.0300. The number of phenolic OH excluding ortho intramolecular Hbond substituents is 1. The Balaban J connectivity index is 1.52. The average Bonchev–Trinajstić information content (AvgIpc) is 3.05. The van der Waals surface area contributed by atoms with E-state index in [1.54, 1.807) is 12.3 Å². The predicted octanol–water partition coefficient (Wildman–Crippen LogP) is 4.36. The summed E-state index contributed by atoms with van der Waals surface area (Å²) in [5.74, 6) is 0.307. The molecule has 0 unspecified atom stereocenters. The maximum atomic E-state index is 13.0. The van der Waals surface area contributed by atoms with E-state index in [1.165, 1.54) is 0 Å². The number of phenols is 1. The zero-order chi connectivity index (χ0) is 18.3. The highest BCUT2D eigenvalue weighted by molar-refractivity contribution is 9.13. The van der Waals surface area contributed by atoms with E-state index in [4.69, 9.17) is 0 Å². The van der Waals surface area contributed by atoms with Gasteiger partial charge in [-0.1, -0.05) is 12.1 Å². The Bertz CT molecular complexity index is 978. The normalized spacial score (nSPS) is 14.8. The summed E-state index contributed by atoms with van der Waals surface area (Å²) in [6.07, 6.45) is 1.78. The molecule has 0 radical (unpaired) electrons. The number of benzene rings is 2. The molecule has 1 amide bonds. The largest absolute Gasteiger partial charge is 0.506 e. The maximum Gasteiger partial charge on any atom is 0.256 e. The van der Waals surface area contributed by atoms with E-state index in [1.807, 2.05) is 35.2 Å². The minimum atomic E-state index is 0.0300. The number of fused-ring (bicyclic) bond motifs is 1. The van der Waals surface area contributed by atoms with Crippen LogP contribution in [0.25, 0.3) is 10.9 Å². The van der Waals surface area contributed by atoms with E-state index < -0.39 is 0 Å². The summed E-state index contributed by atoms with van der Waals surface area (Å²) in [6, 6.07) is 11.2. The van der Waals surface area contributed by atoms with Gasteiger partial charge >= 0.3 is 0 Å². The number of H-pyrrole nitrogens is 1. The van der Waals surface area contributed by atoms with Gasteiger partial charge in [-0.2, -0.15) is 0 Å². The zero-order valence-electron chi connectivity index (χ0n) is 13.9. The fraction of sp³-hybridized carbons (Fsp3) is 0.211. The Labute approximate surface area is 167 Å². The number of nitrogens with one attached hydrogen (secondary N) is 1. The van der Waals surface area contributed by atoms with Crippen molar-refractivity contribution in [2.24, 2.45) is 0 Å². The summed E-state index contributed by atoms with van der Waals surface area (Å²) in [5, 5.41) is 10.9. The van der Waals surface area contributed by atoms with Gasteiger partial charge in [-0.25, -0.2) is 0 Å². The number of rotatable bonds is 2. The molecule has 4 rings (SSSR count). The van der Waals surface area contributed by atoms with Crippen molar-refractivity contribution in [2.75, 3.05) is 31.1 Å². The number of aromatic nitrogens is 1. The molecule has 2 heterocycles. The molecule has 0 saturated carbocycles. The number of carbonyl (C=O) groups is 1. The smallest absolute Gasteiger partial charge is 0.256 e. The third-order valence-corrected chi connectivity index (χ3v) is 6.59. The summed E-state index contributed by atoms with van der Waals surface area (Å²) < 4.78 is 1.87. The van der Waals surface area contributed by atoms with Crippen LogP contribution in [0.2, 0.25) is 0 Å². The maximum absolute atomic E-state index is 13.0. The van der Waals surface area contributed by atoms with Gasteiger partial charge in [-0.05, 0) is 56.1 Å². The van der Waals surface area contributed by atoms with Crippen LogP contribution in [0.15, 0.2) is 51.5 Å². The number of hydrogen-bond acceptors (Lipinski definition) is 3. The molecule has 1 aliphatic rings. The van der Waals surface area contributed by atoms with Gasteiger partial charge in [-0.3, -0.25) is 4.79 Å². The minimum Gasteiger partial charge on any atom is -0.506 e. The second-order valence-corrected chi connectivity index (χ2v) is 7.99. The number of aromatic hydroxyl groups is 1. The van der Waals surface area contributed by atoms with Crippen molar-refractivity contribution >= 4 is 54.4 Å². The van der Waals surface area contributed by atoms with E-state index in [-0.39, 0.29) is 11.7 Å². The Hall–Kier alpha value is -1.99. The van der Waals surface area contributed by atoms with Gasteiger partial charge in [0, 0.05) is 52.2 Å². The first-order valence-electron chi connectivity index (χ1n) is 8.33. The number of anilines is 1.